The van der Waals surface area contributed by atoms with Crippen molar-refractivity contribution in [2.75, 3.05) is 27.2 Å². The predicted octanol–water partition coefficient (Wildman–Crippen LogP) is 2.20. The number of hydrogen-bond acceptors (Lipinski definition) is 4. The highest BCUT2D eigenvalue weighted by Gasteiger charge is 2.16. The van der Waals surface area contributed by atoms with Crippen molar-refractivity contribution < 1.29 is 9.47 Å². The van der Waals surface area contributed by atoms with Crippen LogP contribution in [-0.4, -0.2) is 43.5 Å². The molecule has 0 aromatic carbocycles. The number of thiocarbonyl (C=S) groups is 1. The first-order valence-electron chi connectivity index (χ1n) is 5.66. The lowest BCUT2D eigenvalue weighted by molar-refractivity contribution is 0.0874. The zero-order valence-corrected chi connectivity index (χ0v) is 10.5. The summed E-state index contributed by atoms with van der Waals surface area (Å²) in [7, 11) is 4.02. The van der Waals surface area contributed by atoms with Gasteiger partial charge in [-0.1, -0.05) is 6.42 Å². The summed E-state index contributed by atoms with van der Waals surface area (Å²) in [5.74, 6) is 0. The predicted molar refractivity (Wildman–Crippen MR) is 65.1 cm³/mol. The van der Waals surface area contributed by atoms with E-state index in [2.05, 4.69) is 4.90 Å². The van der Waals surface area contributed by atoms with E-state index in [1.807, 2.05) is 14.1 Å². The van der Waals surface area contributed by atoms with Gasteiger partial charge in [0.2, 0.25) is 0 Å². The van der Waals surface area contributed by atoms with Gasteiger partial charge < -0.3 is 14.4 Å². The van der Waals surface area contributed by atoms with Crippen LogP contribution in [-0.2, 0) is 9.47 Å². The van der Waals surface area contributed by atoms with E-state index >= 15 is 0 Å². The highest BCUT2D eigenvalue weighted by molar-refractivity contribution is 7.79. The summed E-state index contributed by atoms with van der Waals surface area (Å²) >= 11 is 5.02. The summed E-state index contributed by atoms with van der Waals surface area (Å²) in [5.41, 5.74) is 0. The van der Waals surface area contributed by atoms with Crippen molar-refractivity contribution in [3.05, 3.63) is 0 Å². The molecule has 0 radical (unpaired) electrons. The molecule has 1 saturated carbocycles. The summed E-state index contributed by atoms with van der Waals surface area (Å²) < 4.78 is 10.9. The standard InChI is InChI=1S/C11H21NO2S/c1-12(2)8-9-13-11(15)14-10-6-4-3-5-7-10/h10H,3-9H2,1-2H3. The van der Waals surface area contributed by atoms with Crippen LogP contribution in [0.4, 0.5) is 0 Å². The molecule has 0 N–H and O–H groups in total. The van der Waals surface area contributed by atoms with Gasteiger partial charge in [-0.15, -0.1) is 0 Å². The molecule has 88 valence electrons. The maximum atomic E-state index is 5.56. The van der Waals surface area contributed by atoms with Gasteiger partial charge >= 0.3 is 5.24 Å². The Labute approximate surface area is 97.7 Å². The van der Waals surface area contributed by atoms with Crippen molar-refractivity contribution >= 4 is 17.5 Å². The molecule has 4 heteroatoms. The first-order valence-corrected chi connectivity index (χ1v) is 6.07. The molecular formula is C11H21NO2S. The highest BCUT2D eigenvalue weighted by Crippen LogP contribution is 2.20. The summed E-state index contributed by atoms with van der Waals surface area (Å²) in [4.78, 5) is 2.06. The van der Waals surface area contributed by atoms with Gasteiger partial charge in [0.25, 0.3) is 0 Å². The largest absolute Gasteiger partial charge is 0.456 e. The van der Waals surface area contributed by atoms with Gasteiger partial charge in [-0.2, -0.15) is 0 Å². The van der Waals surface area contributed by atoms with Gasteiger partial charge in [0.15, 0.2) is 0 Å². The zero-order chi connectivity index (χ0) is 11.1. The van der Waals surface area contributed by atoms with Gasteiger partial charge in [0, 0.05) is 18.8 Å². The molecule has 0 heterocycles. The molecular weight excluding hydrogens is 210 g/mol. The molecule has 0 saturated heterocycles. The highest BCUT2D eigenvalue weighted by atomic mass is 32.1. The Balaban J connectivity index is 2.06. The van der Waals surface area contributed by atoms with Crippen LogP contribution in [0, 0.1) is 0 Å². The molecule has 0 aromatic rings. The Morgan fingerprint density at radius 1 is 1.27 bits per heavy atom. The third-order valence-electron chi connectivity index (χ3n) is 2.57. The molecule has 0 spiro atoms. The third kappa shape index (κ3) is 5.95. The van der Waals surface area contributed by atoms with Crippen molar-refractivity contribution in [2.45, 2.75) is 38.2 Å². The monoisotopic (exact) mass is 231 g/mol. The average Bonchev–Trinajstić information content (AvgIpc) is 2.18. The lowest BCUT2D eigenvalue weighted by Crippen LogP contribution is -2.24. The van der Waals surface area contributed by atoms with Crippen LogP contribution in [0.1, 0.15) is 32.1 Å². The summed E-state index contributed by atoms with van der Waals surface area (Å²) in [6, 6.07) is 0. The van der Waals surface area contributed by atoms with Crippen molar-refractivity contribution in [2.24, 2.45) is 0 Å². The first kappa shape index (κ1) is 12.7. The van der Waals surface area contributed by atoms with Gasteiger partial charge in [0.05, 0.1) is 0 Å². The van der Waals surface area contributed by atoms with E-state index in [1.54, 1.807) is 0 Å². The molecule has 0 aromatic heterocycles. The lowest BCUT2D eigenvalue weighted by atomic mass is 9.98. The second kappa shape index (κ2) is 7.01. The molecule has 1 rings (SSSR count). The minimum Gasteiger partial charge on any atom is -0.456 e. The van der Waals surface area contributed by atoms with E-state index in [1.165, 1.54) is 19.3 Å². The fourth-order valence-electron chi connectivity index (χ4n) is 1.66. The Hall–Kier alpha value is -0.350. The van der Waals surface area contributed by atoms with Crippen LogP contribution in [0.5, 0.6) is 0 Å². The molecule has 15 heavy (non-hydrogen) atoms. The number of rotatable bonds is 4. The summed E-state index contributed by atoms with van der Waals surface area (Å²) in [6.07, 6.45) is 6.38. The number of nitrogens with zero attached hydrogens (tertiary/aromatic N) is 1. The third-order valence-corrected chi connectivity index (χ3v) is 2.79. The molecule has 0 amide bonds. The van der Waals surface area contributed by atoms with E-state index < -0.39 is 0 Å². The van der Waals surface area contributed by atoms with Crippen molar-refractivity contribution in [1.82, 2.24) is 4.90 Å². The minimum absolute atomic E-state index is 0.297. The normalized spacial score (nSPS) is 17.8. The van der Waals surface area contributed by atoms with E-state index in [0.29, 0.717) is 17.9 Å². The van der Waals surface area contributed by atoms with E-state index in [4.69, 9.17) is 21.7 Å². The average molecular weight is 231 g/mol. The Morgan fingerprint density at radius 2 is 1.93 bits per heavy atom. The van der Waals surface area contributed by atoms with Gasteiger partial charge in [-0.25, -0.2) is 0 Å². The van der Waals surface area contributed by atoms with Crippen LogP contribution < -0.4 is 0 Å². The second-order valence-electron chi connectivity index (χ2n) is 4.28. The number of ether oxygens (including phenoxy) is 2. The minimum atomic E-state index is 0.297. The second-order valence-corrected chi connectivity index (χ2v) is 4.61. The smallest absolute Gasteiger partial charge is 0.352 e. The molecule has 1 aliphatic rings. The topological polar surface area (TPSA) is 21.7 Å². The Morgan fingerprint density at radius 3 is 2.53 bits per heavy atom. The zero-order valence-electron chi connectivity index (χ0n) is 9.70. The molecule has 1 fully saturated rings. The van der Waals surface area contributed by atoms with Crippen LogP contribution >= 0.6 is 12.2 Å². The van der Waals surface area contributed by atoms with Crippen LogP contribution in [0.3, 0.4) is 0 Å². The SMILES string of the molecule is CN(C)CCOC(=S)OC1CCCCC1. The van der Waals surface area contributed by atoms with Crippen molar-refractivity contribution in [1.29, 1.82) is 0 Å². The maximum Gasteiger partial charge on any atom is 0.352 e. The molecule has 0 unspecified atom stereocenters. The van der Waals surface area contributed by atoms with Crippen LogP contribution in [0.2, 0.25) is 0 Å². The molecule has 3 nitrogen and oxygen atoms in total. The molecule has 0 bridgehead atoms. The van der Waals surface area contributed by atoms with Gasteiger partial charge in [-0.05, 0) is 39.8 Å². The Kier molecular flexibility index (Phi) is 5.95. The summed E-state index contributed by atoms with van der Waals surface area (Å²) in [5, 5.41) is 0.323. The lowest BCUT2D eigenvalue weighted by Gasteiger charge is -2.23. The van der Waals surface area contributed by atoms with E-state index in [-0.39, 0.29) is 0 Å². The fourth-order valence-corrected chi connectivity index (χ4v) is 1.88. The van der Waals surface area contributed by atoms with Crippen molar-refractivity contribution in [3.63, 3.8) is 0 Å². The van der Waals surface area contributed by atoms with Crippen LogP contribution in [0.25, 0.3) is 0 Å². The fraction of sp³-hybridized carbons (Fsp3) is 0.909. The van der Waals surface area contributed by atoms with Crippen molar-refractivity contribution in [3.8, 4) is 0 Å². The quantitative estimate of drug-likeness (QED) is 0.691. The van der Waals surface area contributed by atoms with Gasteiger partial charge in [-0.3, -0.25) is 0 Å². The van der Waals surface area contributed by atoms with Gasteiger partial charge in [0.1, 0.15) is 12.7 Å². The summed E-state index contributed by atoms with van der Waals surface area (Å²) in [6.45, 7) is 1.48. The first-order chi connectivity index (χ1) is 7.18. The molecule has 0 aliphatic heterocycles. The van der Waals surface area contributed by atoms with E-state index in [0.717, 1.165) is 19.4 Å². The molecule has 1 aliphatic carbocycles. The van der Waals surface area contributed by atoms with E-state index in [9.17, 15) is 0 Å². The number of likely N-dealkylation sites (N-methyl/N-ethyl adjacent to an activating group) is 1. The Bertz CT molecular complexity index is 191. The van der Waals surface area contributed by atoms with Crippen LogP contribution in [0.15, 0.2) is 0 Å². The maximum absolute atomic E-state index is 5.56. The molecule has 0 atom stereocenters. The number of hydrogen-bond donors (Lipinski definition) is 0.